The Morgan fingerprint density at radius 3 is 2.36 bits per heavy atom. The number of carboxylic acids is 1. The SMILES string of the molecule is Nc1c(NCCC(=O)[O-])c(=O)c1=O.[Na+]. The summed E-state index contributed by atoms with van der Waals surface area (Å²) < 4.78 is 0. The van der Waals surface area contributed by atoms with Gasteiger partial charge in [-0.15, -0.1) is 0 Å². The van der Waals surface area contributed by atoms with Gasteiger partial charge >= 0.3 is 29.6 Å². The van der Waals surface area contributed by atoms with Gasteiger partial charge in [-0.25, -0.2) is 0 Å². The number of nitrogens with one attached hydrogen (secondary N) is 1. The molecule has 0 unspecified atom stereocenters. The van der Waals surface area contributed by atoms with Crippen molar-refractivity contribution in [1.29, 1.82) is 0 Å². The van der Waals surface area contributed by atoms with Crippen LogP contribution in [0.1, 0.15) is 6.42 Å². The molecule has 1 aromatic rings. The van der Waals surface area contributed by atoms with Gasteiger partial charge in [0.2, 0.25) is 0 Å². The quantitative estimate of drug-likeness (QED) is 0.375. The zero-order valence-electron chi connectivity index (χ0n) is 7.62. The van der Waals surface area contributed by atoms with Crippen LogP contribution in [-0.4, -0.2) is 12.5 Å². The van der Waals surface area contributed by atoms with Gasteiger partial charge in [0.1, 0.15) is 11.4 Å². The third-order valence-electron chi connectivity index (χ3n) is 1.58. The minimum Gasteiger partial charge on any atom is -0.550 e. The molecule has 70 valence electrons. The maximum absolute atomic E-state index is 10.7. The molecule has 0 saturated heterocycles. The van der Waals surface area contributed by atoms with Crippen LogP contribution in [0.25, 0.3) is 0 Å². The molecule has 0 atom stereocenters. The Kier molecular flexibility index (Phi) is 4.82. The van der Waals surface area contributed by atoms with E-state index in [-0.39, 0.29) is 53.9 Å². The summed E-state index contributed by atoms with van der Waals surface area (Å²) in [6.07, 6.45) is -0.238. The van der Waals surface area contributed by atoms with E-state index in [1.807, 2.05) is 0 Å². The van der Waals surface area contributed by atoms with Gasteiger partial charge in [-0.1, -0.05) is 0 Å². The predicted molar refractivity (Wildman–Crippen MR) is 43.9 cm³/mol. The molecule has 0 heterocycles. The Morgan fingerprint density at radius 1 is 1.36 bits per heavy atom. The molecule has 14 heavy (non-hydrogen) atoms. The van der Waals surface area contributed by atoms with Gasteiger partial charge in [-0.3, -0.25) is 9.59 Å². The first-order valence-corrected chi connectivity index (χ1v) is 3.56. The maximum Gasteiger partial charge on any atom is 1.00 e. The molecule has 3 N–H and O–H groups in total. The van der Waals surface area contributed by atoms with Gasteiger partial charge in [0, 0.05) is 18.9 Å². The summed E-state index contributed by atoms with van der Waals surface area (Å²) in [7, 11) is 0. The summed E-state index contributed by atoms with van der Waals surface area (Å²) in [4.78, 5) is 31.3. The van der Waals surface area contributed by atoms with E-state index in [0.717, 1.165) is 0 Å². The van der Waals surface area contributed by atoms with Crippen LogP contribution in [0, 0.1) is 0 Å². The molecule has 0 amide bonds. The smallest absolute Gasteiger partial charge is 0.550 e. The first-order valence-electron chi connectivity index (χ1n) is 3.56. The second-order valence-electron chi connectivity index (χ2n) is 2.50. The van der Waals surface area contributed by atoms with Crippen LogP contribution in [0.15, 0.2) is 9.59 Å². The van der Waals surface area contributed by atoms with Crippen molar-refractivity contribution in [1.82, 2.24) is 0 Å². The largest absolute Gasteiger partial charge is 1.00 e. The summed E-state index contributed by atoms with van der Waals surface area (Å²) in [6.45, 7) is 0.0252. The molecule has 0 aliphatic rings. The molecule has 0 aliphatic heterocycles. The van der Waals surface area contributed by atoms with Crippen LogP contribution >= 0.6 is 0 Å². The standard InChI is InChI=1S/C7H8N2O4.Na/c8-4-5(7(13)6(4)12)9-2-1-3(10)11;/h9H,1-2,8H2,(H,10,11);/q;+1/p-1. The van der Waals surface area contributed by atoms with Crippen LogP contribution in [0.4, 0.5) is 11.4 Å². The first kappa shape index (κ1) is 13.2. The first-order chi connectivity index (χ1) is 6.04. The van der Waals surface area contributed by atoms with Crippen LogP contribution in [-0.2, 0) is 4.79 Å². The maximum atomic E-state index is 10.7. The normalized spacial score (nSPS) is 9.43. The monoisotopic (exact) mass is 206 g/mol. The van der Waals surface area contributed by atoms with Gasteiger partial charge in [-0.2, -0.15) is 0 Å². The van der Waals surface area contributed by atoms with Crippen LogP contribution in [0.5, 0.6) is 0 Å². The molecule has 6 nitrogen and oxygen atoms in total. The van der Waals surface area contributed by atoms with Crippen molar-refractivity contribution in [2.75, 3.05) is 17.6 Å². The minimum absolute atomic E-state index is 0. The number of carbonyl (C=O) groups is 1. The Bertz CT molecular complexity index is 408. The average molecular weight is 206 g/mol. The van der Waals surface area contributed by atoms with Crippen molar-refractivity contribution in [3.63, 3.8) is 0 Å². The third-order valence-corrected chi connectivity index (χ3v) is 1.58. The number of anilines is 2. The number of hydrogen-bond acceptors (Lipinski definition) is 6. The van der Waals surface area contributed by atoms with Crippen molar-refractivity contribution in [3.05, 3.63) is 20.4 Å². The molecular weight excluding hydrogens is 199 g/mol. The van der Waals surface area contributed by atoms with Crippen molar-refractivity contribution in [3.8, 4) is 0 Å². The number of hydrogen-bond donors (Lipinski definition) is 2. The number of carbonyl (C=O) groups excluding carboxylic acids is 1. The zero-order chi connectivity index (χ0) is 10.0. The molecule has 1 rings (SSSR count). The van der Waals surface area contributed by atoms with E-state index in [1.165, 1.54) is 0 Å². The number of carboxylic acid groups (broad SMARTS) is 1. The number of aliphatic carboxylic acids is 1. The summed E-state index contributed by atoms with van der Waals surface area (Å²) in [5, 5.41) is 12.4. The summed E-state index contributed by atoms with van der Waals surface area (Å²) >= 11 is 0. The van der Waals surface area contributed by atoms with Gasteiger partial charge in [0.15, 0.2) is 0 Å². The molecule has 7 heteroatoms. The third kappa shape index (κ3) is 2.57. The van der Waals surface area contributed by atoms with E-state index >= 15 is 0 Å². The summed E-state index contributed by atoms with van der Waals surface area (Å²) in [6, 6.07) is 0. The van der Waals surface area contributed by atoms with E-state index in [9.17, 15) is 19.5 Å². The molecule has 1 aromatic carbocycles. The van der Waals surface area contributed by atoms with E-state index < -0.39 is 16.8 Å². The van der Waals surface area contributed by atoms with Crippen LogP contribution in [0.2, 0.25) is 0 Å². The second-order valence-corrected chi connectivity index (χ2v) is 2.50. The molecule has 0 radical (unpaired) electrons. The Balaban J connectivity index is 0.00000169. The fraction of sp³-hybridized carbons (Fsp3) is 0.286. The van der Waals surface area contributed by atoms with Crippen molar-refractivity contribution < 1.29 is 39.5 Å². The predicted octanol–water partition coefficient (Wildman–Crippen LogP) is -5.58. The number of rotatable bonds is 4. The Labute approximate surface area is 101 Å². The molecule has 0 aromatic heterocycles. The molecule has 0 aliphatic carbocycles. The van der Waals surface area contributed by atoms with Gasteiger partial charge in [-0.05, 0) is 0 Å². The minimum atomic E-state index is -1.23. The number of nitrogens with two attached hydrogens (primary N) is 1. The van der Waals surface area contributed by atoms with Crippen LogP contribution in [0.3, 0.4) is 0 Å². The summed E-state index contributed by atoms with van der Waals surface area (Å²) in [5.41, 5.74) is 3.60. The van der Waals surface area contributed by atoms with Gasteiger partial charge in [0.05, 0.1) is 0 Å². The second kappa shape index (κ2) is 5.14. The molecule has 0 saturated carbocycles. The van der Waals surface area contributed by atoms with E-state index in [2.05, 4.69) is 5.32 Å². The topological polar surface area (TPSA) is 112 Å². The molecule has 0 fully saturated rings. The average Bonchev–Trinajstić information content (AvgIpc) is 2.10. The number of nitrogen functional groups attached to an aromatic ring is 1. The van der Waals surface area contributed by atoms with E-state index in [0.29, 0.717) is 0 Å². The van der Waals surface area contributed by atoms with Crippen molar-refractivity contribution >= 4 is 17.3 Å². The van der Waals surface area contributed by atoms with Crippen LogP contribution < -0.4 is 56.6 Å². The molecule has 0 bridgehead atoms. The van der Waals surface area contributed by atoms with Crippen molar-refractivity contribution in [2.45, 2.75) is 6.42 Å². The van der Waals surface area contributed by atoms with Gasteiger partial charge in [0.25, 0.3) is 10.9 Å². The fourth-order valence-electron chi connectivity index (χ4n) is 0.874. The summed E-state index contributed by atoms with van der Waals surface area (Å²) in [5.74, 6) is -1.23. The zero-order valence-corrected chi connectivity index (χ0v) is 9.62. The molecule has 0 spiro atoms. The molecular formula is C7H7N2NaO4. The Hall–Kier alpha value is -0.850. The van der Waals surface area contributed by atoms with Gasteiger partial charge < -0.3 is 21.0 Å². The van der Waals surface area contributed by atoms with Crippen molar-refractivity contribution in [2.24, 2.45) is 0 Å². The Morgan fingerprint density at radius 2 is 1.93 bits per heavy atom. The van der Waals surface area contributed by atoms with E-state index in [1.54, 1.807) is 0 Å². The van der Waals surface area contributed by atoms with E-state index in [4.69, 9.17) is 5.73 Å². The fourth-order valence-corrected chi connectivity index (χ4v) is 0.874.